The van der Waals surface area contributed by atoms with E-state index in [-0.39, 0.29) is 0 Å². The highest BCUT2D eigenvalue weighted by molar-refractivity contribution is 9.10. The van der Waals surface area contributed by atoms with Crippen molar-refractivity contribution in [2.45, 2.75) is 24.7 Å². The first kappa shape index (κ1) is 15.0. The van der Waals surface area contributed by atoms with E-state index in [1.165, 1.54) is 0 Å². The zero-order chi connectivity index (χ0) is 13.9. The number of benzene rings is 1. The third kappa shape index (κ3) is 4.02. The summed E-state index contributed by atoms with van der Waals surface area (Å²) in [6.45, 7) is 4.43. The maximum absolute atomic E-state index is 12.1. The van der Waals surface area contributed by atoms with Crippen LogP contribution in [0.2, 0.25) is 0 Å². The molecule has 1 unspecified atom stereocenters. The van der Waals surface area contributed by atoms with E-state index in [1.54, 1.807) is 18.2 Å². The predicted molar refractivity (Wildman–Crippen MR) is 79.7 cm³/mol. The van der Waals surface area contributed by atoms with Crippen LogP contribution in [0.1, 0.15) is 18.4 Å². The van der Waals surface area contributed by atoms with Crippen LogP contribution in [0.3, 0.4) is 0 Å². The molecule has 0 amide bonds. The van der Waals surface area contributed by atoms with E-state index in [1.807, 2.05) is 6.92 Å². The monoisotopic (exact) mass is 346 g/mol. The molecule has 1 heterocycles. The minimum absolute atomic E-state index is 0.331. The third-order valence-corrected chi connectivity index (χ3v) is 5.80. The molecule has 2 rings (SSSR count). The molecule has 4 nitrogen and oxygen atoms in total. The summed E-state index contributed by atoms with van der Waals surface area (Å²) < 4.78 is 27.9. The van der Waals surface area contributed by atoms with Crippen molar-refractivity contribution in [3.63, 3.8) is 0 Å². The lowest BCUT2D eigenvalue weighted by atomic mass is 10.1. The van der Waals surface area contributed by atoms with Gasteiger partial charge in [0.1, 0.15) is 0 Å². The highest BCUT2D eigenvalue weighted by atomic mass is 79.9. The smallest absolute Gasteiger partial charge is 0.240 e. The van der Waals surface area contributed by atoms with Gasteiger partial charge < -0.3 is 5.32 Å². The van der Waals surface area contributed by atoms with Gasteiger partial charge in [-0.05, 0) is 62.5 Å². The van der Waals surface area contributed by atoms with Gasteiger partial charge in [-0.15, -0.1) is 0 Å². The molecule has 0 spiro atoms. The minimum atomic E-state index is -3.38. The van der Waals surface area contributed by atoms with Crippen LogP contribution in [0.25, 0.3) is 0 Å². The van der Waals surface area contributed by atoms with Crippen LogP contribution >= 0.6 is 15.9 Å². The molecule has 106 valence electrons. The molecule has 2 N–H and O–H groups in total. The van der Waals surface area contributed by atoms with Gasteiger partial charge in [-0.1, -0.05) is 15.9 Å². The summed E-state index contributed by atoms with van der Waals surface area (Å²) in [4.78, 5) is 0.331. The molecule has 1 aromatic rings. The van der Waals surface area contributed by atoms with Crippen molar-refractivity contribution in [2.24, 2.45) is 5.92 Å². The Kier molecular flexibility index (Phi) is 5.00. The van der Waals surface area contributed by atoms with Crippen LogP contribution in [-0.2, 0) is 10.0 Å². The van der Waals surface area contributed by atoms with E-state index in [9.17, 15) is 8.42 Å². The maximum Gasteiger partial charge on any atom is 0.240 e. The molecule has 0 aromatic heterocycles. The lowest BCUT2D eigenvalue weighted by Crippen LogP contribution is -2.26. The third-order valence-electron chi connectivity index (χ3n) is 3.45. The lowest BCUT2D eigenvalue weighted by molar-refractivity contribution is 0.519. The summed E-state index contributed by atoms with van der Waals surface area (Å²) in [5.41, 5.74) is 0.919. The van der Waals surface area contributed by atoms with E-state index in [0.717, 1.165) is 36.0 Å². The fraction of sp³-hybridized carbons (Fsp3) is 0.538. The number of hydrogen-bond acceptors (Lipinski definition) is 3. The lowest BCUT2D eigenvalue weighted by Gasteiger charge is -2.10. The first-order valence-electron chi connectivity index (χ1n) is 6.45. The number of hydrogen-bond donors (Lipinski definition) is 2. The molecule has 0 saturated carbocycles. The van der Waals surface area contributed by atoms with Gasteiger partial charge in [-0.25, -0.2) is 13.1 Å². The molecule has 1 aliphatic heterocycles. The van der Waals surface area contributed by atoms with Crippen molar-refractivity contribution in [2.75, 3.05) is 19.6 Å². The largest absolute Gasteiger partial charge is 0.316 e. The normalized spacial score (nSPS) is 19.8. The van der Waals surface area contributed by atoms with E-state index in [2.05, 4.69) is 26.0 Å². The second kappa shape index (κ2) is 6.35. The molecule has 1 aliphatic rings. The number of aryl methyl sites for hydroxylation is 1. The number of sulfonamides is 1. The highest BCUT2D eigenvalue weighted by Crippen LogP contribution is 2.20. The van der Waals surface area contributed by atoms with Crippen molar-refractivity contribution in [3.05, 3.63) is 28.2 Å². The highest BCUT2D eigenvalue weighted by Gasteiger charge is 2.17. The predicted octanol–water partition coefficient (Wildman–Crippen LogP) is 2.04. The average molecular weight is 347 g/mol. The standard InChI is InChI=1S/C13H19BrN2O2S/c1-10-8-12(2-3-13(10)14)19(17,18)16-7-5-11-4-6-15-9-11/h2-3,8,11,15-16H,4-7,9H2,1H3. The number of nitrogens with one attached hydrogen (secondary N) is 2. The summed E-state index contributed by atoms with van der Waals surface area (Å²) in [7, 11) is -3.38. The van der Waals surface area contributed by atoms with E-state index < -0.39 is 10.0 Å². The zero-order valence-corrected chi connectivity index (χ0v) is 13.4. The number of rotatable bonds is 5. The molecule has 1 atom stereocenters. The van der Waals surface area contributed by atoms with Crippen LogP contribution in [-0.4, -0.2) is 28.1 Å². The Balaban J connectivity index is 1.95. The molecular weight excluding hydrogens is 328 g/mol. The van der Waals surface area contributed by atoms with Crippen LogP contribution in [0.5, 0.6) is 0 Å². The van der Waals surface area contributed by atoms with Gasteiger partial charge in [0, 0.05) is 11.0 Å². The van der Waals surface area contributed by atoms with Crippen molar-refractivity contribution in [1.29, 1.82) is 0 Å². The van der Waals surface area contributed by atoms with Crippen LogP contribution in [0.15, 0.2) is 27.6 Å². The van der Waals surface area contributed by atoms with Crippen LogP contribution < -0.4 is 10.0 Å². The summed E-state index contributed by atoms with van der Waals surface area (Å²) >= 11 is 3.37. The average Bonchev–Trinajstić information content (AvgIpc) is 2.85. The zero-order valence-electron chi connectivity index (χ0n) is 10.9. The Morgan fingerprint density at radius 2 is 2.26 bits per heavy atom. The van der Waals surface area contributed by atoms with Crippen LogP contribution in [0.4, 0.5) is 0 Å². The van der Waals surface area contributed by atoms with Crippen LogP contribution in [0, 0.1) is 12.8 Å². The van der Waals surface area contributed by atoms with Gasteiger partial charge in [0.2, 0.25) is 10.0 Å². The van der Waals surface area contributed by atoms with Gasteiger partial charge in [0.05, 0.1) is 4.90 Å². The molecule has 1 aromatic carbocycles. The Morgan fingerprint density at radius 1 is 1.47 bits per heavy atom. The Bertz CT molecular complexity index is 540. The van der Waals surface area contributed by atoms with Gasteiger partial charge in [0.15, 0.2) is 0 Å². The topological polar surface area (TPSA) is 58.2 Å². The van der Waals surface area contributed by atoms with E-state index in [4.69, 9.17) is 0 Å². The molecule has 19 heavy (non-hydrogen) atoms. The Hall–Kier alpha value is -0.430. The first-order chi connectivity index (χ1) is 8.99. The quantitative estimate of drug-likeness (QED) is 0.857. The Morgan fingerprint density at radius 3 is 2.89 bits per heavy atom. The molecule has 6 heteroatoms. The summed E-state index contributed by atoms with van der Waals surface area (Å²) in [6, 6.07) is 5.07. The van der Waals surface area contributed by atoms with Gasteiger partial charge >= 0.3 is 0 Å². The van der Waals surface area contributed by atoms with Gasteiger partial charge in [-0.3, -0.25) is 0 Å². The van der Waals surface area contributed by atoms with Crippen molar-refractivity contribution < 1.29 is 8.42 Å². The van der Waals surface area contributed by atoms with Crippen molar-refractivity contribution >= 4 is 26.0 Å². The van der Waals surface area contributed by atoms with E-state index in [0.29, 0.717) is 17.4 Å². The van der Waals surface area contributed by atoms with Crippen molar-refractivity contribution in [1.82, 2.24) is 10.0 Å². The summed E-state index contributed by atoms with van der Waals surface area (Å²) in [6.07, 6.45) is 2.03. The molecule has 0 radical (unpaired) electrons. The summed E-state index contributed by atoms with van der Waals surface area (Å²) in [5, 5.41) is 3.28. The molecular formula is C13H19BrN2O2S. The number of halogens is 1. The van der Waals surface area contributed by atoms with Gasteiger partial charge in [0.25, 0.3) is 0 Å². The van der Waals surface area contributed by atoms with E-state index >= 15 is 0 Å². The molecule has 1 saturated heterocycles. The molecule has 0 bridgehead atoms. The van der Waals surface area contributed by atoms with Gasteiger partial charge in [-0.2, -0.15) is 0 Å². The minimum Gasteiger partial charge on any atom is -0.316 e. The second-order valence-corrected chi connectivity index (χ2v) is 7.58. The second-order valence-electron chi connectivity index (χ2n) is 4.96. The maximum atomic E-state index is 12.1. The molecule has 0 aliphatic carbocycles. The molecule has 1 fully saturated rings. The fourth-order valence-electron chi connectivity index (χ4n) is 2.23. The fourth-order valence-corrected chi connectivity index (χ4v) is 3.60. The van der Waals surface area contributed by atoms with Crippen molar-refractivity contribution in [3.8, 4) is 0 Å². The first-order valence-corrected chi connectivity index (χ1v) is 8.73. The SMILES string of the molecule is Cc1cc(S(=O)(=O)NCCC2CCNC2)ccc1Br. The Labute approximate surface area is 123 Å². The summed E-state index contributed by atoms with van der Waals surface area (Å²) in [5.74, 6) is 0.592.